The SMILES string of the molecule is O=CCCC(=O)NOC(=O)CCOc1ccc(O)cc1. The van der Waals surface area contributed by atoms with E-state index in [9.17, 15) is 14.4 Å². The molecule has 0 saturated carbocycles. The third kappa shape index (κ3) is 6.39. The van der Waals surface area contributed by atoms with Crippen molar-refractivity contribution in [1.29, 1.82) is 0 Å². The van der Waals surface area contributed by atoms with Crippen molar-refractivity contribution >= 4 is 18.2 Å². The van der Waals surface area contributed by atoms with Crippen LogP contribution >= 0.6 is 0 Å². The lowest BCUT2D eigenvalue weighted by Gasteiger charge is -2.07. The number of phenols is 1. The molecule has 0 spiro atoms. The molecule has 1 amide bonds. The molecule has 0 aliphatic rings. The van der Waals surface area contributed by atoms with E-state index in [1.54, 1.807) is 12.1 Å². The second kappa shape index (κ2) is 8.52. The van der Waals surface area contributed by atoms with Gasteiger partial charge >= 0.3 is 5.97 Å². The first-order valence-corrected chi connectivity index (χ1v) is 5.96. The van der Waals surface area contributed by atoms with Gasteiger partial charge in [0.05, 0.1) is 13.0 Å². The fraction of sp³-hybridized carbons (Fsp3) is 0.308. The summed E-state index contributed by atoms with van der Waals surface area (Å²) in [4.78, 5) is 36.8. The van der Waals surface area contributed by atoms with Crippen LogP contribution in [0.4, 0.5) is 0 Å². The van der Waals surface area contributed by atoms with Crippen LogP contribution in [0.2, 0.25) is 0 Å². The predicted octanol–water partition coefficient (Wildman–Crippen LogP) is 0.715. The number of nitrogens with one attached hydrogen (secondary N) is 1. The Labute approximate surface area is 115 Å². The molecule has 20 heavy (non-hydrogen) atoms. The summed E-state index contributed by atoms with van der Waals surface area (Å²) in [7, 11) is 0. The number of hydroxylamine groups is 1. The number of benzene rings is 1. The molecule has 7 heteroatoms. The third-order valence-corrected chi connectivity index (χ3v) is 2.18. The highest BCUT2D eigenvalue weighted by molar-refractivity contribution is 5.79. The van der Waals surface area contributed by atoms with Gasteiger partial charge < -0.3 is 19.5 Å². The van der Waals surface area contributed by atoms with Crippen LogP contribution in [0.1, 0.15) is 19.3 Å². The normalized spacial score (nSPS) is 9.60. The molecule has 0 saturated heterocycles. The van der Waals surface area contributed by atoms with Gasteiger partial charge in [-0.05, 0) is 24.3 Å². The molecular formula is C13H15NO6. The number of phenolic OH excluding ortho intramolecular Hbond substituents is 1. The number of aromatic hydroxyl groups is 1. The predicted molar refractivity (Wildman–Crippen MR) is 67.8 cm³/mol. The highest BCUT2D eigenvalue weighted by atomic mass is 16.7. The Kier molecular flexibility index (Phi) is 6.60. The average Bonchev–Trinajstić information content (AvgIpc) is 2.45. The van der Waals surface area contributed by atoms with Crippen molar-refractivity contribution in [3.63, 3.8) is 0 Å². The molecule has 0 unspecified atom stereocenters. The maximum absolute atomic E-state index is 11.2. The van der Waals surface area contributed by atoms with E-state index in [0.717, 1.165) is 0 Å². The number of carbonyl (C=O) groups is 3. The van der Waals surface area contributed by atoms with Crippen LogP contribution in [-0.2, 0) is 19.2 Å². The quantitative estimate of drug-likeness (QED) is 0.564. The minimum Gasteiger partial charge on any atom is -0.508 e. The lowest BCUT2D eigenvalue weighted by molar-refractivity contribution is -0.158. The van der Waals surface area contributed by atoms with Gasteiger partial charge in [-0.1, -0.05) is 0 Å². The fourth-order valence-electron chi connectivity index (χ4n) is 1.20. The Morgan fingerprint density at radius 3 is 2.55 bits per heavy atom. The maximum Gasteiger partial charge on any atom is 0.335 e. The van der Waals surface area contributed by atoms with Gasteiger partial charge in [-0.25, -0.2) is 4.79 Å². The molecule has 1 aromatic carbocycles. The van der Waals surface area contributed by atoms with Gasteiger partial charge in [-0.15, -0.1) is 0 Å². The summed E-state index contributed by atoms with van der Waals surface area (Å²) >= 11 is 0. The Hall–Kier alpha value is -2.57. The molecule has 0 atom stereocenters. The minimum atomic E-state index is -0.650. The zero-order chi connectivity index (χ0) is 14.8. The number of ether oxygens (including phenoxy) is 1. The van der Waals surface area contributed by atoms with E-state index in [2.05, 4.69) is 4.84 Å². The summed E-state index contributed by atoms with van der Waals surface area (Å²) in [6.45, 7) is 0.0772. The molecule has 108 valence electrons. The molecule has 0 aliphatic carbocycles. The number of hydrogen-bond acceptors (Lipinski definition) is 6. The second-order valence-corrected chi connectivity index (χ2v) is 3.80. The zero-order valence-electron chi connectivity index (χ0n) is 10.7. The molecule has 0 radical (unpaired) electrons. The lowest BCUT2D eigenvalue weighted by Crippen LogP contribution is -2.27. The van der Waals surface area contributed by atoms with Crippen LogP contribution < -0.4 is 10.2 Å². The number of amides is 1. The van der Waals surface area contributed by atoms with Crippen molar-refractivity contribution in [3.8, 4) is 11.5 Å². The van der Waals surface area contributed by atoms with E-state index < -0.39 is 11.9 Å². The second-order valence-electron chi connectivity index (χ2n) is 3.80. The van der Waals surface area contributed by atoms with E-state index >= 15 is 0 Å². The maximum atomic E-state index is 11.2. The average molecular weight is 281 g/mol. The van der Waals surface area contributed by atoms with Gasteiger partial charge in [0.15, 0.2) is 0 Å². The van der Waals surface area contributed by atoms with Crippen molar-refractivity contribution in [1.82, 2.24) is 5.48 Å². The van der Waals surface area contributed by atoms with E-state index in [4.69, 9.17) is 9.84 Å². The van der Waals surface area contributed by atoms with E-state index in [0.29, 0.717) is 12.0 Å². The summed E-state index contributed by atoms with van der Waals surface area (Å²) in [5, 5.41) is 9.06. The van der Waals surface area contributed by atoms with E-state index in [1.807, 2.05) is 5.48 Å². The van der Waals surface area contributed by atoms with Gasteiger partial charge in [-0.3, -0.25) is 4.79 Å². The number of hydrogen-bond donors (Lipinski definition) is 2. The first kappa shape index (κ1) is 15.5. The van der Waals surface area contributed by atoms with Gasteiger partial charge in [0.1, 0.15) is 17.8 Å². The molecule has 0 aliphatic heterocycles. The zero-order valence-corrected chi connectivity index (χ0v) is 10.7. The van der Waals surface area contributed by atoms with Crippen molar-refractivity contribution in [2.75, 3.05) is 6.61 Å². The summed E-state index contributed by atoms with van der Waals surface area (Å²) in [6.07, 6.45) is 0.607. The fourth-order valence-corrected chi connectivity index (χ4v) is 1.20. The Bertz CT molecular complexity index is 456. The van der Waals surface area contributed by atoms with Crippen LogP contribution in [-0.4, -0.2) is 29.9 Å². The highest BCUT2D eigenvalue weighted by Gasteiger charge is 2.07. The van der Waals surface area contributed by atoms with E-state index in [1.165, 1.54) is 12.1 Å². The number of carbonyl (C=O) groups excluding carboxylic acids is 3. The third-order valence-electron chi connectivity index (χ3n) is 2.18. The summed E-state index contributed by atoms with van der Waals surface area (Å²) in [5.41, 5.74) is 1.94. The molecule has 1 rings (SSSR count). The molecule has 0 heterocycles. The minimum absolute atomic E-state index is 0.0270. The van der Waals surface area contributed by atoms with Gasteiger partial charge in [0.25, 0.3) is 5.91 Å². The topological polar surface area (TPSA) is 102 Å². The molecule has 7 nitrogen and oxygen atoms in total. The van der Waals surface area contributed by atoms with Gasteiger partial charge in [0.2, 0.25) is 0 Å². The highest BCUT2D eigenvalue weighted by Crippen LogP contribution is 2.15. The van der Waals surface area contributed by atoms with Crippen LogP contribution in [0.15, 0.2) is 24.3 Å². The van der Waals surface area contributed by atoms with Crippen molar-refractivity contribution < 1.29 is 29.1 Å². The van der Waals surface area contributed by atoms with Gasteiger partial charge in [-0.2, -0.15) is 5.48 Å². The smallest absolute Gasteiger partial charge is 0.335 e. The van der Waals surface area contributed by atoms with Gasteiger partial charge in [0, 0.05) is 12.8 Å². The first-order chi connectivity index (χ1) is 9.61. The first-order valence-electron chi connectivity index (χ1n) is 5.96. The molecule has 2 N–H and O–H groups in total. The lowest BCUT2D eigenvalue weighted by atomic mass is 10.3. The number of aldehydes is 1. The van der Waals surface area contributed by atoms with Crippen LogP contribution in [0.3, 0.4) is 0 Å². The molecule has 0 bridgehead atoms. The molecule has 0 aromatic heterocycles. The Morgan fingerprint density at radius 1 is 1.20 bits per heavy atom. The molecule has 1 aromatic rings. The number of rotatable bonds is 7. The monoisotopic (exact) mass is 281 g/mol. The largest absolute Gasteiger partial charge is 0.508 e. The standard InChI is InChI=1S/C13H15NO6/c15-8-1-2-12(17)14-20-13(18)7-9-19-11-5-3-10(16)4-6-11/h3-6,8,16H,1-2,7,9H2,(H,14,17). The van der Waals surface area contributed by atoms with Crippen molar-refractivity contribution in [2.45, 2.75) is 19.3 Å². The van der Waals surface area contributed by atoms with Crippen molar-refractivity contribution in [3.05, 3.63) is 24.3 Å². The summed E-state index contributed by atoms with van der Waals surface area (Å²) in [5.74, 6) is -0.562. The summed E-state index contributed by atoms with van der Waals surface area (Å²) < 4.78 is 5.23. The van der Waals surface area contributed by atoms with Crippen molar-refractivity contribution in [2.24, 2.45) is 0 Å². The Morgan fingerprint density at radius 2 is 1.90 bits per heavy atom. The summed E-state index contributed by atoms with van der Waals surface area (Å²) in [6, 6.07) is 6.03. The van der Waals surface area contributed by atoms with E-state index in [-0.39, 0.29) is 31.6 Å². The molecular weight excluding hydrogens is 266 g/mol. The Balaban J connectivity index is 2.15. The van der Waals surface area contributed by atoms with Crippen LogP contribution in [0.5, 0.6) is 11.5 Å². The van der Waals surface area contributed by atoms with Crippen LogP contribution in [0.25, 0.3) is 0 Å². The molecule has 0 fully saturated rings. The van der Waals surface area contributed by atoms with Crippen LogP contribution in [0, 0.1) is 0 Å².